The topological polar surface area (TPSA) is 32.8 Å². The third-order valence-electron chi connectivity index (χ3n) is 3.83. The quantitative estimate of drug-likeness (QED) is 0.596. The molecule has 0 unspecified atom stereocenters. The maximum absolute atomic E-state index is 12.8. The number of hydrogen-bond acceptors (Lipinski definition) is 5. The van der Waals surface area contributed by atoms with Crippen LogP contribution in [0, 0.1) is 0 Å². The highest BCUT2D eigenvalue weighted by Gasteiger charge is 2.33. The van der Waals surface area contributed by atoms with Crippen LogP contribution in [0.3, 0.4) is 0 Å². The van der Waals surface area contributed by atoms with Gasteiger partial charge in [0.1, 0.15) is 5.75 Å². The molecule has 6 heteroatoms. The minimum absolute atomic E-state index is 0.100. The van der Waals surface area contributed by atoms with Gasteiger partial charge in [0.05, 0.1) is 17.7 Å². The van der Waals surface area contributed by atoms with Gasteiger partial charge in [-0.2, -0.15) is 0 Å². The summed E-state index contributed by atoms with van der Waals surface area (Å²) in [4.78, 5) is 17.0. The minimum atomic E-state index is -0.100. The zero-order chi connectivity index (χ0) is 18.0. The highest BCUT2D eigenvalue weighted by atomic mass is 32.2. The highest BCUT2D eigenvalue weighted by molar-refractivity contribution is 8.27. The van der Waals surface area contributed by atoms with E-state index >= 15 is 0 Å². The number of rotatable bonds is 4. The number of benzene rings is 2. The summed E-state index contributed by atoms with van der Waals surface area (Å²) in [5.74, 6) is 0.641. The number of anilines is 2. The van der Waals surface area contributed by atoms with Crippen molar-refractivity contribution in [3.05, 3.63) is 59.0 Å². The van der Waals surface area contributed by atoms with E-state index in [0.29, 0.717) is 9.23 Å². The number of hydrogen-bond donors (Lipinski definition) is 0. The Labute approximate surface area is 157 Å². The van der Waals surface area contributed by atoms with Crippen molar-refractivity contribution < 1.29 is 9.53 Å². The monoisotopic (exact) mass is 370 g/mol. The van der Waals surface area contributed by atoms with Crippen molar-refractivity contribution in [2.45, 2.75) is 0 Å². The summed E-state index contributed by atoms with van der Waals surface area (Å²) in [7, 11) is 5.60. The van der Waals surface area contributed by atoms with Crippen LogP contribution in [0.25, 0.3) is 6.08 Å². The second-order valence-corrected chi connectivity index (χ2v) is 7.38. The van der Waals surface area contributed by atoms with E-state index in [1.807, 2.05) is 73.6 Å². The fourth-order valence-corrected chi connectivity index (χ4v) is 3.74. The van der Waals surface area contributed by atoms with E-state index < -0.39 is 0 Å². The second-order valence-electron chi connectivity index (χ2n) is 5.70. The fourth-order valence-electron chi connectivity index (χ4n) is 2.44. The molecule has 1 amide bonds. The summed E-state index contributed by atoms with van der Waals surface area (Å²) < 4.78 is 5.69. The molecular formula is C19H18N2O2S2. The third kappa shape index (κ3) is 3.70. The lowest BCUT2D eigenvalue weighted by Crippen LogP contribution is -2.27. The standard InChI is InChI=1S/C19H18N2O2S2/c1-20(2)14-6-4-13(5-7-14)12-17-18(22)21(19(24)25-17)15-8-10-16(23-3)11-9-15/h4-12H,1-3H3/b17-12+. The van der Waals surface area contributed by atoms with E-state index in [0.717, 1.165) is 22.7 Å². The van der Waals surface area contributed by atoms with Gasteiger partial charge in [0.15, 0.2) is 4.32 Å². The van der Waals surface area contributed by atoms with Crippen molar-refractivity contribution in [1.82, 2.24) is 0 Å². The average Bonchev–Trinajstić information content (AvgIpc) is 2.89. The number of methoxy groups -OCH3 is 1. The first kappa shape index (κ1) is 17.5. The Morgan fingerprint density at radius 1 is 1.08 bits per heavy atom. The van der Waals surface area contributed by atoms with Gasteiger partial charge >= 0.3 is 0 Å². The molecule has 0 radical (unpaired) electrons. The number of ether oxygens (including phenoxy) is 1. The highest BCUT2D eigenvalue weighted by Crippen LogP contribution is 2.36. The molecule has 2 aromatic carbocycles. The largest absolute Gasteiger partial charge is 0.497 e. The van der Waals surface area contributed by atoms with Crippen LogP contribution < -0.4 is 14.5 Å². The number of nitrogens with zero attached hydrogens (tertiary/aromatic N) is 2. The van der Waals surface area contributed by atoms with Gasteiger partial charge in [-0.15, -0.1) is 0 Å². The lowest BCUT2D eigenvalue weighted by atomic mass is 10.2. The van der Waals surface area contributed by atoms with Gasteiger partial charge in [-0.05, 0) is 48.0 Å². The van der Waals surface area contributed by atoms with E-state index in [1.54, 1.807) is 12.0 Å². The molecule has 128 valence electrons. The predicted molar refractivity (Wildman–Crippen MR) is 109 cm³/mol. The molecule has 0 bridgehead atoms. The molecular weight excluding hydrogens is 352 g/mol. The third-order valence-corrected chi connectivity index (χ3v) is 5.13. The summed E-state index contributed by atoms with van der Waals surface area (Å²) in [5, 5.41) is 0. The van der Waals surface area contributed by atoms with E-state index in [9.17, 15) is 4.79 Å². The number of carbonyl (C=O) groups is 1. The van der Waals surface area contributed by atoms with Crippen LogP contribution in [-0.4, -0.2) is 31.4 Å². The van der Waals surface area contributed by atoms with Crippen LogP contribution in [-0.2, 0) is 4.79 Å². The molecule has 3 rings (SSSR count). The maximum Gasteiger partial charge on any atom is 0.270 e. The fraction of sp³-hybridized carbons (Fsp3) is 0.158. The normalized spacial score (nSPS) is 15.8. The van der Waals surface area contributed by atoms with Crippen molar-refractivity contribution in [2.75, 3.05) is 31.0 Å². The van der Waals surface area contributed by atoms with Gasteiger partial charge in [-0.3, -0.25) is 9.69 Å². The summed E-state index contributed by atoms with van der Waals surface area (Å²) in [6.07, 6.45) is 1.88. The minimum Gasteiger partial charge on any atom is -0.497 e. The van der Waals surface area contributed by atoms with Crippen LogP contribution in [0.1, 0.15) is 5.56 Å². The molecule has 0 aliphatic carbocycles. The first-order valence-electron chi connectivity index (χ1n) is 7.69. The van der Waals surface area contributed by atoms with E-state index in [-0.39, 0.29) is 5.91 Å². The zero-order valence-electron chi connectivity index (χ0n) is 14.2. The Kier molecular flexibility index (Phi) is 5.11. The van der Waals surface area contributed by atoms with Gasteiger partial charge in [-0.1, -0.05) is 36.1 Å². The molecule has 1 fully saturated rings. The number of amides is 1. The smallest absolute Gasteiger partial charge is 0.270 e. The van der Waals surface area contributed by atoms with Crippen LogP contribution in [0.15, 0.2) is 53.4 Å². The van der Waals surface area contributed by atoms with E-state index in [1.165, 1.54) is 11.8 Å². The molecule has 1 saturated heterocycles. The maximum atomic E-state index is 12.8. The van der Waals surface area contributed by atoms with Crippen LogP contribution >= 0.6 is 24.0 Å². The molecule has 0 saturated carbocycles. The first-order chi connectivity index (χ1) is 12.0. The molecule has 2 aromatic rings. The summed E-state index contributed by atoms with van der Waals surface area (Å²) in [6.45, 7) is 0. The lowest BCUT2D eigenvalue weighted by Gasteiger charge is -2.14. The number of thioether (sulfide) groups is 1. The van der Waals surface area contributed by atoms with Gasteiger partial charge in [0.2, 0.25) is 0 Å². The van der Waals surface area contributed by atoms with Crippen molar-refractivity contribution in [3.8, 4) is 5.75 Å². The molecule has 0 spiro atoms. The van der Waals surface area contributed by atoms with E-state index in [4.69, 9.17) is 17.0 Å². The molecule has 0 aromatic heterocycles. The molecule has 1 aliphatic heterocycles. The molecule has 1 heterocycles. The summed E-state index contributed by atoms with van der Waals surface area (Å²) in [6, 6.07) is 15.3. The Morgan fingerprint density at radius 3 is 2.28 bits per heavy atom. The Balaban J connectivity index is 1.84. The molecule has 0 N–H and O–H groups in total. The van der Waals surface area contributed by atoms with Crippen molar-refractivity contribution in [3.63, 3.8) is 0 Å². The SMILES string of the molecule is COc1ccc(N2C(=O)/C(=C\c3ccc(N(C)C)cc3)SC2=S)cc1. The molecule has 25 heavy (non-hydrogen) atoms. The Morgan fingerprint density at radius 2 is 1.72 bits per heavy atom. The van der Waals surface area contributed by atoms with Crippen molar-refractivity contribution in [1.29, 1.82) is 0 Å². The van der Waals surface area contributed by atoms with Crippen LogP contribution in [0.2, 0.25) is 0 Å². The number of thiocarbonyl (C=S) groups is 1. The van der Waals surface area contributed by atoms with Gasteiger partial charge in [0, 0.05) is 19.8 Å². The lowest BCUT2D eigenvalue weighted by molar-refractivity contribution is -0.113. The Bertz CT molecular complexity index is 828. The zero-order valence-corrected chi connectivity index (χ0v) is 15.9. The van der Waals surface area contributed by atoms with Crippen molar-refractivity contribution in [2.24, 2.45) is 0 Å². The Hall–Kier alpha value is -2.31. The summed E-state index contributed by atoms with van der Waals surface area (Å²) >= 11 is 6.72. The number of carbonyl (C=O) groups excluding carboxylic acids is 1. The molecule has 0 atom stereocenters. The van der Waals surface area contributed by atoms with Crippen LogP contribution in [0.4, 0.5) is 11.4 Å². The molecule has 1 aliphatic rings. The van der Waals surface area contributed by atoms with Gasteiger partial charge in [-0.25, -0.2) is 0 Å². The second kappa shape index (κ2) is 7.29. The van der Waals surface area contributed by atoms with Crippen LogP contribution in [0.5, 0.6) is 5.75 Å². The molecule has 4 nitrogen and oxygen atoms in total. The predicted octanol–water partition coefficient (Wildman–Crippen LogP) is 4.17. The summed E-state index contributed by atoms with van der Waals surface area (Å²) in [5.41, 5.74) is 2.83. The van der Waals surface area contributed by atoms with Gasteiger partial charge in [0.25, 0.3) is 5.91 Å². The van der Waals surface area contributed by atoms with Gasteiger partial charge < -0.3 is 9.64 Å². The van der Waals surface area contributed by atoms with Crippen molar-refractivity contribution >= 4 is 51.7 Å². The first-order valence-corrected chi connectivity index (χ1v) is 8.91. The van der Waals surface area contributed by atoms with E-state index in [2.05, 4.69) is 0 Å². The average molecular weight is 370 g/mol.